The van der Waals surface area contributed by atoms with Crippen molar-refractivity contribution in [3.63, 3.8) is 0 Å². The van der Waals surface area contributed by atoms with Crippen LogP contribution in [0.3, 0.4) is 0 Å². The number of hydrogen-bond acceptors (Lipinski definition) is 27. The summed E-state index contributed by atoms with van der Waals surface area (Å²) < 4.78 is 43.0. The van der Waals surface area contributed by atoms with E-state index in [0.717, 1.165) is 4.90 Å². The van der Waals surface area contributed by atoms with Crippen molar-refractivity contribution in [1.29, 1.82) is 0 Å². The lowest BCUT2D eigenvalue weighted by atomic mass is 9.99. The molecule has 0 saturated carbocycles. The van der Waals surface area contributed by atoms with Crippen molar-refractivity contribution >= 4 is 11.8 Å². The zero-order chi connectivity index (χ0) is 46.2. The van der Waals surface area contributed by atoms with Crippen LogP contribution in [0.25, 0.3) is 0 Å². The lowest BCUT2D eigenvalue weighted by Gasteiger charge is -2.41. The molecule has 29 heteroatoms. The van der Waals surface area contributed by atoms with Gasteiger partial charge in [-0.25, -0.2) is 0 Å². The fourth-order valence-electron chi connectivity index (χ4n) is 6.62. The number of nitrogens with zero attached hydrogens (tertiary/aromatic N) is 2. The molecule has 4 rings (SSSR count). The maximum Gasteiger partial charge on any atom is 0.243 e. The summed E-state index contributed by atoms with van der Waals surface area (Å²) in [7, 11) is 0. The van der Waals surface area contributed by atoms with Gasteiger partial charge >= 0.3 is 0 Å². The third kappa shape index (κ3) is 12.4. The largest absolute Gasteiger partial charge is 0.394 e. The van der Waals surface area contributed by atoms with E-state index in [0.29, 0.717) is 4.90 Å². The quantitative estimate of drug-likeness (QED) is 0.0504. The Balaban J connectivity index is 1.48. The number of amides is 2. The van der Waals surface area contributed by atoms with Crippen LogP contribution in [0.2, 0.25) is 0 Å². The van der Waals surface area contributed by atoms with E-state index in [-0.39, 0.29) is 0 Å². The van der Waals surface area contributed by atoms with Gasteiger partial charge in [-0.05, 0) is 6.42 Å². The highest BCUT2D eigenvalue weighted by Crippen LogP contribution is 2.26. The molecule has 0 bridgehead atoms. The molecule has 4 heterocycles. The molecule has 0 radical (unpaired) electrons. The van der Waals surface area contributed by atoms with Crippen LogP contribution in [0.5, 0.6) is 0 Å². The van der Waals surface area contributed by atoms with Crippen molar-refractivity contribution in [3.8, 4) is 0 Å². The average molecular weight is 914 g/mol. The van der Waals surface area contributed by atoms with E-state index in [2.05, 4.69) is 0 Å². The molecule has 362 valence electrons. The van der Waals surface area contributed by atoms with Gasteiger partial charge in [0.1, 0.15) is 125 Å². The van der Waals surface area contributed by atoms with E-state index in [1.165, 1.54) is 0 Å². The number of rotatable bonds is 20. The van der Waals surface area contributed by atoms with E-state index < -0.39 is 207 Å². The van der Waals surface area contributed by atoms with Crippen LogP contribution in [0.4, 0.5) is 0 Å². The van der Waals surface area contributed by atoms with Crippen molar-refractivity contribution in [3.05, 3.63) is 0 Å². The molecule has 2 amide bonds. The number of carbonyl (C=O) groups is 2. The predicted molar refractivity (Wildman–Crippen MR) is 190 cm³/mol. The first-order chi connectivity index (χ1) is 29.3. The van der Waals surface area contributed by atoms with Crippen molar-refractivity contribution in [2.45, 2.75) is 142 Å². The third-order valence-electron chi connectivity index (χ3n) is 10.6. The van der Waals surface area contributed by atoms with Gasteiger partial charge in [-0.3, -0.25) is 19.4 Å². The molecular weight excluding hydrogens is 854 g/mol. The van der Waals surface area contributed by atoms with Crippen molar-refractivity contribution in [1.82, 2.24) is 9.80 Å². The molecular formula is C33H59N3O26. The number of aliphatic hydroxyl groups excluding tert-OH is 16. The molecule has 1 unspecified atom stereocenters. The van der Waals surface area contributed by atoms with Gasteiger partial charge in [0, 0.05) is 6.42 Å². The summed E-state index contributed by atoms with van der Waals surface area (Å²) in [6.07, 6.45) is -36.2. The third-order valence-corrected chi connectivity index (χ3v) is 10.6. The Morgan fingerprint density at radius 2 is 0.694 bits per heavy atom. The second-order valence-corrected chi connectivity index (χ2v) is 14.9. The summed E-state index contributed by atoms with van der Waals surface area (Å²) in [6.45, 7) is -6.85. The fraction of sp³-hybridized carbons (Fsp3) is 0.939. The second-order valence-electron chi connectivity index (χ2n) is 14.9. The highest BCUT2D eigenvalue weighted by atomic mass is 16.7. The molecule has 21 atom stereocenters. The summed E-state index contributed by atoms with van der Waals surface area (Å²) in [4.78, 5) is 28.8. The summed E-state index contributed by atoms with van der Waals surface area (Å²) >= 11 is 0. The zero-order valence-corrected chi connectivity index (χ0v) is 32.9. The van der Waals surface area contributed by atoms with E-state index in [9.17, 15) is 91.3 Å². The van der Waals surface area contributed by atoms with E-state index in [1.54, 1.807) is 0 Å². The molecule has 0 aromatic rings. The van der Waals surface area contributed by atoms with Crippen LogP contribution in [-0.2, 0) is 47.5 Å². The summed E-state index contributed by atoms with van der Waals surface area (Å²) in [5.41, 5.74) is 6.18. The standard InChI is InChI=1S/C33H59N3O26/c34-11(29(54)36(9-57-32-27(52)23(48)19(44)14(5-39)61-32)10-58-33-28(53)24(49)20(45)15(6-40)62-33)1-2-16(41)35(7-55-30-25(50)21(46)17(42)12(3-37)59-30)8-56-31-26(51)22(47)18(43)13(4-38)60-31/h11-15,17-28,30-33,37-40,42-53H,1-10,34H2/t11?,12-,13+,14-,15-,17-,18+,19-,20-,21+,22-,23+,24+,25-,26+,27-,28-,30+,31+,32-,33-/m0/s1. The summed E-state index contributed by atoms with van der Waals surface area (Å²) in [6, 6.07) is -1.64. The highest BCUT2D eigenvalue weighted by molar-refractivity contribution is 5.83. The molecule has 0 aliphatic carbocycles. The van der Waals surface area contributed by atoms with Gasteiger partial charge in [0.05, 0.1) is 32.5 Å². The number of hydrogen-bond donors (Lipinski definition) is 17. The van der Waals surface area contributed by atoms with Crippen LogP contribution in [0, 0.1) is 0 Å². The van der Waals surface area contributed by atoms with Gasteiger partial charge in [0.15, 0.2) is 25.2 Å². The van der Waals surface area contributed by atoms with E-state index in [4.69, 9.17) is 43.6 Å². The van der Waals surface area contributed by atoms with Crippen LogP contribution in [-0.4, -0.2) is 286 Å². The number of carbonyl (C=O) groups excluding carboxylic acids is 2. The van der Waals surface area contributed by atoms with Gasteiger partial charge in [-0.2, -0.15) is 0 Å². The predicted octanol–water partition coefficient (Wildman–Crippen LogP) is -12.2. The minimum absolute atomic E-state index is 0.523. The molecule has 4 aliphatic rings. The molecule has 0 aromatic carbocycles. The smallest absolute Gasteiger partial charge is 0.243 e. The first-order valence-corrected chi connectivity index (χ1v) is 19.3. The minimum Gasteiger partial charge on any atom is -0.394 e. The Kier molecular flexibility index (Phi) is 20.3. The summed E-state index contributed by atoms with van der Waals surface area (Å²) in [5, 5.41) is 161. The van der Waals surface area contributed by atoms with Crippen LogP contribution in [0.15, 0.2) is 0 Å². The summed E-state index contributed by atoms with van der Waals surface area (Å²) in [5.74, 6) is -2.02. The molecule has 4 saturated heterocycles. The fourth-order valence-corrected chi connectivity index (χ4v) is 6.62. The zero-order valence-electron chi connectivity index (χ0n) is 32.9. The van der Waals surface area contributed by atoms with Crippen molar-refractivity contribution < 1.29 is 129 Å². The number of ether oxygens (including phenoxy) is 8. The number of nitrogens with two attached hydrogens (primary N) is 1. The topological polar surface area (TPSA) is 464 Å². The normalized spacial score (nSPS) is 42.0. The molecule has 0 aromatic heterocycles. The first kappa shape index (κ1) is 52.6. The SMILES string of the molecule is NC(CCC(=O)N(CO[C@@H]1O[C@@H](CO)[C@H](O)[C@@H](O)[C@@H]1O)CO[C@@H]1O[C@H](CO)[C@@H](O)[C@H](O)[C@H]1O)C(=O)N(CO[C@H]1O[C@@H](CO)[C@H](O)[C@@H](O)[C@@H]1O)CO[C@H]1O[C@@H](CO)[C@H](O)[C@@H](O)[C@@H]1O. The Bertz CT molecular complexity index is 1290. The number of aliphatic hydroxyl groups is 16. The van der Waals surface area contributed by atoms with Gasteiger partial charge in [-0.15, -0.1) is 0 Å². The lowest BCUT2D eigenvalue weighted by molar-refractivity contribution is -0.320. The maximum absolute atomic E-state index is 13.8. The van der Waals surface area contributed by atoms with Crippen LogP contribution >= 0.6 is 0 Å². The second kappa shape index (κ2) is 23.9. The van der Waals surface area contributed by atoms with Gasteiger partial charge in [0.25, 0.3) is 0 Å². The highest BCUT2D eigenvalue weighted by Gasteiger charge is 2.48. The van der Waals surface area contributed by atoms with Crippen LogP contribution in [0.1, 0.15) is 12.8 Å². The average Bonchev–Trinajstić information content (AvgIpc) is 3.27. The van der Waals surface area contributed by atoms with E-state index >= 15 is 0 Å². The van der Waals surface area contributed by atoms with E-state index in [1.807, 2.05) is 0 Å². The molecule has 29 nitrogen and oxygen atoms in total. The molecule has 0 spiro atoms. The molecule has 18 N–H and O–H groups in total. The maximum atomic E-state index is 13.8. The first-order valence-electron chi connectivity index (χ1n) is 19.3. The van der Waals surface area contributed by atoms with Gasteiger partial charge < -0.3 is 125 Å². The van der Waals surface area contributed by atoms with Gasteiger partial charge in [0.2, 0.25) is 11.8 Å². The minimum atomic E-state index is -1.93. The van der Waals surface area contributed by atoms with Gasteiger partial charge in [-0.1, -0.05) is 0 Å². The Morgan fingerprint density at radius 3 is 0.952 bits per heavy atom. The van der Waals surface area contributed by atoms with Crippen molar-refractivity contribution in [2.75, 3.05) is 53.4 Å². The van der Waals surface area contributed by atoms with Crippen LogP contribution < -0.4 is 5.73 Å². The lowest BCUT2D eigenvalue weighted by Crippen LogP contribution is -2.60. The van der Waals surface area contributed by atoms with Crippen molar-refractivity contribution in [2.24, 2.45) is 5.73 Å². The molecule has 4 fully saturated rings. The Morgan fingerprint density at radius 1 is 0.435 bits per heavy atom. The molecule has 62 heavy (non-hydrogen) atoms. The Labute approximate surface area is 351 Å². The molecule has 4 aliphatic heterocycles. The Hall–Kier alpha value is -2.06. The monoisotopic (exact) mass is 913 g/mol.